The average Bonchev–Trinajstić information content (AvgIpc) is 2.53. The standard InChI is InChI=1S/C10H12O/c11-9-5-7-2-1-6-3-4-8(9)10(6)7/h1-4,6-11H,5H2/t6-,7+,8+,9-,10+/m1/s1. The molecule has 0 aromatic carbocycles. The predicted molar refractivity (Wildman–Crippen MR) is 42.9 cm³/mol. The molecule has 1 N–H and O–H groups in total. The van der Waals surface area contributed by atoms with Crippen molar-refractivity contribution in [2.75, 3.05) is 0 Å². The fourth-order valence-electron chi connectivity index (χ4n) is 2.99. The Morgan fingerprint density at radius 1 is 1.09 bits per heavy atom. The summed E-state index contributed by atoms with van der Waals surface area (Å²) in [5.41, 5.74) is 0. The summed E-state index contributed by atoms with van der Waals surface area (Å²) in [5, 5.41) is 9.64. The van der Waals surface area contributed by atoms with Crippen molar-refractivity contribution in [1.82, 2.24) is 0 Å². The van der Waals surface area contributed by atoms with E-state index in [1.807, 2.05) is 0 Å². The summed E-state index contributed by atoms with van der Waals surface area (Å²) in [4.78, 5) is 0. The molecule has 0 spiro atoms. The topological polar surface area (TPSA) is 20.2 Å². The van der Waals surface area contributed by atoms with Crippen LogP contribution in [0.5, 0.6) is 0 Å². The van der Waals surface area contributed by atoms with Crippen LogP contribution < -0.4 is 0 Å². The van der Waals surface area contributed by atoms with Crippen LogP contribution in [-0.2, 0) is 0 Å². The Balaban J connectivity index is 2.04. The van der Waals surface area contributed by atoms with Crippen molar-refractivity contribution in [3.8, 4) is 0 Å². The third-order valence-electron chi connectivity index (χ3n) is 3.48. The lowest BCUT2D eigenvalue weighted by atomic mass is 9.90. The van der Waals surface area contributed by atoms with Gasteiger partial charge in [0.25, 0.3) is 0 Å². The van der Waals surface area contributed by atoms with Gasteiger partial charge in [-0.1, -0.05) is 24.3 Å². The van der Waals surface area contributed by atoms with Gasteiger partial charge in [-0.15, -0.1) is 0 Å². The molecule has 3 aliphatic carbocycles. The number of rotatable bonds is 0. The first-order valence-electron chi connectivity index (χ1n) is 4.41. The fourth-order valence-corrected chi connectivity index (χ4v) is 2.99. The highest BCUT2D eigenvalue weighted by Crippen LogP contribution is 2.51. The fraction of sp³-hybridized carbons (Fsp3) is 0.600. The van der Waals surface area contributed by atoms with Crippen LogP contribution in [0.25, 0.3) is 0 Å². The van der Waals surface area contributed by atoms with Gasteiger partial charge < -0.3 is 5.11 Å². The van der Waals surface area contributed by atoms with Gasteiger partial charge in [-0.2, -0.15) is 0 Å². The summed E-state index contributed by atoms with van der Waals surface area (Å²) >= 11 is 0. The molecule has 0 radical (unpaired) electrons. The van der Waals surface area contributed by atoms with E-state index >= 15 is 0 Å². The molecule has 0 unspecified atom stereocenters. The van der Waals surface area contributed by atoms with E-state index in [2.05, 4.69) is 24.3 Å². The normalized spacial score (nSPS) is 57.4. The average molecular weight is 148 g/mol. The number of allylic oxidation sites excluding steroid dienone is 3. The molecule has 11 heavy (non-hydrogen) atoms. The van der Waals surface area contributed by atoms with Crippen LogP contribution in [0.15, 0.2) is 24.3 Å². The lowest BCUT2D eigenvalue weighted by Crippen LogP contribution is -2.15. The minimum Gasteiger partial charge on any atom is -0.392 e. The van der Waals surface area contributed by atoms with Crippen LogP contribution in [0.3, 0.4) is 0 Å². The molecule has 0 bridgehead atoms. The first-order chi connectivity index (χ1) is 5.36. The first kappa shape index (κ1) is 6.01. The molecule has 58 valence electrons. The second-order valence-electron chi connectivity index (χ2n) is 3.97. The molecule has 0 saturated heterocycles. The highest BCUT2D eigenvalue weighted by atomic mass is 16.3. The Morgan fingerprint density at radius 3 is 2.82 bits per heavy atom. The summed E-state index contributed by atoms with van der Waals surface area (Å²) in [6, 6.07) is 0. The van der Waals surface area contributed by atoms with Crippen molar-refractivity contribution in [3.05, 3.63) is 24.3 Å². The summed E-state index contributed by atoms with van der Waals surface area (Å²) in [7, 11) is 0. The SMILES string of the molecule is O[C@@H]1C[C@@H]2C=C[C@@H]3C=C[C@@H]1[C@@H]32. The van der Waals surface area contributed by atoms with Crippen LogP contribution in [0.1, 0.15) is 6.42 Å². The number of aliphatic hydroxyl groups is 1. The molecule has 1 saturated carbocycles. The maximum absolute atomic E-state index is 9.64. The lowest BCUT2D eigenvalue weighted by molar-refractivity contribution is 0.142. The van der Waals surface area contributed by atoms with Crippen LogP contribution in [0.2, 0.25) is 0 Å². The molecule has 1 heteroatoms. The van der Waals surface area contributed by atoms with Crippen molar-refractivity contribution in [2.45, 2.75) is 12.5 Å². The van der Waals surface area contributed by atoms with Gasteiger partial charge in [-0.05, 0) is 24.2 Å². The summed E-state index contributed by atoms with van der Waals surface area (Å²) < 4.78 is 0. The van der Waals surface area contributed by atoms with Crippen LogP contribution >= 0.6 is 0 Å². The van der Waals surface area contributed by atoms with Gasteiger partial charge in [0, 0.05) is 5.92 Å². The van der Waals surface area contributed by atoms with Gasteiger partial charge in [-0.3, -0.25) is 0 Å². The molecule has 3 aliphatic rings. The zero-order valence-corrected chi connectivity index (χ0v) is 6.35. The van der Waals surface area contributed by atoms with Gasteiger partial charge >= 0.3 is 0 Å². The summed E-state index contributed by atoms with van der Waals surface area (Å²) in [6.07, 6.45) is 10.0. The Kier molecular flexibility index (Phi) is 0.972. The third kappa shape index (κ3) is 0.603. The van der Waals surface area contributed by atoms with Crippen LogP contribution in [0.4, 0.5) is 0 Å². The van der Waals surface area contributed by atoms with E-state index in [1.54, 1.807) is 0 Å². The van der Waals surface area contributed by atoms with Gasteiger partial charge in [0.05, 0.1) is 6.10 Å². The van der Waals surface area contributed by atoms with Gasteiger partial charge in [-0.25, -0.2) is 0 Å². The second kappa shape index (κ2) is 1.78. The highest BCUT2D eigenvalue weighted by Gasteiger charge is 2.47. The molecule has 0 aromatic rings. The first-order valence-corrected chi connectivity index (χ1v) is 4.41. The van der Waals surface area contributed by atoms with Crippen molar-refractivity contribution >= 4 is 0 Å². The molecule has 0 aliphatic heterocycles. The number of hydrogen-bond donors (Lipinski definition) is 1. The van der Waals surface area contributed by atoms with E-state index in [9.17, 15) is 5.11 Å². The Hall–Kier alpha value is -0.560. The molecule has 3 rings (SSSR count). The molecule has 5 atom stereocenters. The molecule has 0 heterocycles. The third-order valence-corrected chi connectivity index (χ3v) is 3.48. The van der Waals surface area contributed by atoms with Gasteiger partial charge in [0.15, 0.2) is 0 Å². The Morgan fingerprint density at radius 2 is 1.91 bits per heavy atom. The molecule has 0 aromatic heterocycles. The van der Waals surface area contributed by atoms with E-state index in [4.69, 9.17) is 0 Å². The molecule has 1 fully saturated rings. The van der Waals surface area contributed by atoms with E-state index in [0.717, 1.165) is 12.3 Å². The maximum Gasteiger partial charge on any atom is 0.0611 e. The van der Waals surface area contributed by atoms with E-state index < -0.39 is 0 Å². The zero-order valence-electron chi connectivity index (χ0n) is 6.35. The molecule has 1 nitrogen and oxygen atoms in total. The Labute approximate surface area is 66.4 Å². The quantitative estimate of drug-likeness (QED) is 0.514. The van der Waals surface area contributed by atoms with Crippen molar-refractivity contribution in [2.24, 2.45) is 23.7 Å². The predicted octanol–water partition coefficient (Wildman–Crippen LogP) is 1.36. The number of aliphatic hydroxyl groups excluding tert-OH is 1. The summed E-state index contributed by atoms with van der Waals surface area (Å²) in [5.74, 6) is 2.53. The largest absolute Gasteiger partial charge is 0.392 e. The smallest absolute Gasteiger partial charge is 0.0611 e. The molecular formula is C10H12O. The number of hydrogen-bond acceptors (Lipinski definition) is 1. The van der Waals surface area contributed by atoms with Crippen molar-refractivity contribution in [1.29, 1.82) is 0 Å². The van der Waals surface area contributed by atoms with E-state index in [-0.39, 0.29) is 6.10 Å². The zero-order chi connectivity index (χ0) is 7.42. The van der Waals surface area contributed by atoms with E-state index in [1.165, 1.54) is 0 Å². The lowest BCUT2D eigenvalue weighted by Gasteiger charge is -2.14. The highest BCUT2D eigenvalue weighted by molar-refractivity contribution is 5.26. The van der Waals surface area contributed by atoms with Gasteiger partial charge in [0.1, 0.15) is 0 Å². The summed E-state index contributed by atoms with van der Waals surface area (Å²) in [6.45, 7) is 0. The van der Waals surface area contributed by atoms with Crippen molar-refractivity contribution in [3.63, 3.8) is 0 Å². The molecular weight excluding hydrogens is 136 g/mol. The monoisotopic (exact) mass is 148 g/mol. The van der Waals surface area contributed by atoms with Crippen molar-refractivity contribution < 1.29 is 5.11 Å². The Bertz CT molecular complexity index is 241. The minimum absolute atomic E-state index is 0.0591. The minimum atomic E-state index is -0.0591. The van der Waals surface area contributed by atoms with Gasteiger partial charge in [0.2, 0.25) is 0 Å². The second-order valence-corrected chi connectivity index (χ2v) is 3.97. The molecule has 0 amide bonds. The maximum atomic E-state index is 9.64. The van der Waals surface area contributed by atoms with Crippen LogP contribution in [-0.4, -0.2) is 11.2 Å². The van der Waals surface area contributed by atoms with Crippen LogP contribution in [0, 0.1) is 23.7 Å². The van der Waals surface area contributed by atoms with E-state index in [0.29, 0.717) is 17.8 Å².